The number of benzene rings is 2. The van der Waals surface area contributed by atoms with Crippen molar-refractivity contribution in [3.63, 3.8) is 0 Å². The Morgan fingerprint density at radius 2 is 1.76 bits per heavy atom. The van der Waals surface area contributed by atoms with Gasteiger partial charge in [0.05, 0.1) is 24.0 Å². The average Bonchev–Trinajstić information content (AvgIpc) is 3.49. The number of hydrogen-bond donors (Lipinski definition) is 2. The number of piperazine rings is 1. The molecule has 3 aliphatic heterocycles. The van der Waals surface area contributed by atoms with Gasteiger partial charge in [0, 0.05) is 66.4 Å². The molecule has 2 aromatic carbocycles. The van der Waals surface area contributed by atoms with Gasteiger partial charge in [-0.25, -0.2) is 4.39 Å². The molecule has 0 radical (unpaired) electrons. The smallest absolute Gasteiger partial charge is 0.494 e. The first-order chi connectivity index (χ1) is 19.6. The number of anilines is 1. The normalized spacial score (nSPS) is 20.4. The van der Waals surface area contributed by atoms with E-state index in [1.807, 2.05) is 44.7 Å². The van der Waals surface area contributed by atoms with Gasteiger partial charge in [-0.3, -0.25) is 4.79 Å². The van der Waals surface area contributed by atoms with E-state index in [4.69, 9.17) is 14.0 Å². The van der Waals surface area contributed by atoms with Crippen LogP contribution in [0.4, 0.5) is 10.1 Å². The molecule has 4 heterocycles. The summed E-state index contributed by atoms with van der Waals surface area (Å²) < 4.78 is 32.0. The fourth-order valence-electron chi connectivity index (χ4n) is 5.82. The summed E-state index contributed by atoms with van der Waals surface area (Å²) in [6, 6.07) is 10.6. The molecule has 0 aliphatic carbocycles. The van der Waals surface area contributed by atoms with Gasteiger partial charge in [-0.1, -0.05) is 6.08 Å². The van der Waals surface area contributed by atoms with E-state index in [-0.39, 0.29) is 11.7 Å². The zero-order valence-corrected chi connectivity index (χ0v) is 24.5. The number of nitrogens with zero attached hydrogens (tertiary/aromatic N) is 2. The molecule has 0 bridgehead atoms. The van der Waals surface area contributed by atoms with Crippen molar-refractivity contribution in [1.29, 1.82) is 0 Å². The number of methoxy groups -OCH3 is 1. The number of fused-ring (bicyclic) bond motifs is 1. The first-order valence-electron chi connectivity index (χ1n) is 14.4. The largest absolute Gasteiger partial charge is 0.497 e. The summed E-state index contributed by atoms with van der Waals surface area (Å²) in [6.45, 7) is 12.2. The van der Waals surface area contributed by atoms with E-state index < -0.39 is 18.3 Å². The predicted octanol–water partition coefficient (Wildman–Crippen LogP) is 3.95. The number of aromatic amines is 1. The van der Waals surface area contributed by atoms with Gasteiger partial charge >= 0.3 is 7.12 Å². The van der Waals surface area contributed by atoms with Gasteiger partial charge in [0.2, 0.25) is 0 Å². The zero-order chi connectivity index (χ0) is 28.9. The highest BCUT2D eigenvalue weighted by atomic mass is 19.1. The van der Waals surface area contributed by atoms with Crippen LogP contribution in [0.5, 0.6) is 5.75 Å². The Bertz CT molecular complexity index is 1490. The minimum atomic E-state index is -0.608. The fourth-order valence-corrected chi connectivity index (χ4v) is 5.82. The van der Waals surface area contributed by atoms with Crippen molar-refractivity contribution in [2.75, 3.05) is 51.3 Å². The van der Waals surface area contributed by atoms with Gasteiger partial charge in [-0.05, 0) is 76.6 Å². The number of aromatic nitrogens is 1. The van der Waals surface area contributed by atoms with Gasteiger partial charge in [0.15, 0.2) is 0 Å². The van der Waals surface area contributed by atoms with E-state index in [0.717, 1.165) is 47.3 Å². The van der Waals surface area contributed by atoms with E-state index in [9.17, 15) is 9.18 Å². The Morgan fingerprint density at radius 1 is 1.02 bits per heavy atom. The number of halogens is 1. The van der Waals surface area contributed by atoms with E-state index in [1.54, 1.807) is 13.2 Å². The van der Waals surface area contributed by atoms with E-state index in [2.05, 4.69) is 27.3 Å². The maximum Gasteiger partial charge on any atom is 0.497 e. The molecule has 41 heavy (non-hydrogen) atoms. The minimum Gasteiger partial charge on any atom is -0.494 e. The maximum atomic E-state index is 13.9. The van der Waals surface area contributed by atoms with E-state index in [0.29, 0.717) is 37.5 Å². The van der Waals surface area contributed by atoms with Crippen molar-refractivity contribution in [2.24, 2.45) is 0 Å². The summed E-state index contributed by atoms with van der Waals surface area (Å²) in [7, 11) is 0.933. The van der Waals surface area contributed by atoms with Gasteiger partial charge in [0.25, 0.3) is 5.91 Å². The fraction of sp³-hybridized carbons (Fsp3) is 0.452. The Labute approximate surface area is 241 Å². The number of carbonyl (C=O) groups is 1. The Kier molecular flexibility index (Phi) is 7.12. The summed E-state index contributed by atoms with van der Waals surface area (Å²) >= 11 is 0. The van der Waals surface area contributed by atoms with Crippen LogP contribution in [0.25, 0.3) is 16.5 Å². The highest BCUT2D eigenvalue weighted by Gasteiger charge is 2.52. The van der Waals surface area contributed by atoms with Crippen molar-refractivity contribution in [3.05, 3.63) is 59.5 Å². The second kappa shape index (κ2) is 10.5. The number of hydrogen-bond acceptors (Lipinski definition) is 6. The lowest BCUT2D eigenvalue weighted by Crippen LogP contribution is -2.49. The molecule has 8 nitrogen and oxygen atoms in total. The third-order valence-electron chi connectivity index (χ3n) is 8.94. The number of carbonyl (C=O) groups excluding carboxylic acids is 1. The molecule has 6 rings (SSSR count). The first-order valence-corrected chi connectivity index (χ1v) is 14.4. The topological polar surface area (TPSA) is 79.1 Å². The van der Waals surface area contributed by atoms with E-state index >= 15 is 0 Å². The Hall–Kier alpha value is -3.34. The van der Waals surface area contributed by atoms with Crippen LogP contribution in [-0.2, 0) is 9.31 Å². The summed E-state index contributed by atoms with van der Waals surface area (Å²) in [5, 5.41) is 4.39. The van der Waals surface area contributed by atoms with Crippen molar-refractivity contribution in [2.45, 2.75) is 45.3 Å². The van der Waals surface area contributed by atoms with Crippen LogP contribution in [0.1, 0.15) is 50.2 Å². The third kappa shape index (κ3) is 5.13. The standard InChI is InChI=1S/C31H38BFN4O4/c1-30(2)31(3,4)41-32(40-30)24-16-22(15-21-17-25(35-28(21)24)20-7-6-10-34-19-20)29(38)37-13-11-36(12-14-37)26-9-8-23(33)18-27(26)39-5/h7-9,15-18,34-35H,6,10-14,19H2,1-5H3. The molecule has 0 spiro atoms. The first kappa shape index (κ1) is 27.8. The quantitative estimate of drug-likeness (QED) is 0.461. The number of amides is 1. The molecule has 2 N–H and O–H groups in total. The molecule has 216 valence electrons. The molecule has 2 fully saturated rings. The lowest BCUT2D eigenvalue weighted by molar-refractivity contribution is 0.00578. The molecule has 1 amide bonds. The third-order valence-corrected chi connectivity index (χ3v) is 8.94. The lowest BCUT2D eigenvalue weighted by Gasteiger charge is -2.36. The molecule has 10 heteroatoms. The summed E-state index contributed by atoms with van der Waals surface area (Å²) in [5.74, 6) is 0.127. The van der Waals surface area contributed by atoms with Crippen molar-refractivity contribution in [1.82, 2.24) is 15.2 Å². The van der Waals surface area contributed by atoms with E-state index in [1.165, 1.54) is 17.7 Å². The molecule has 1 aromatic heterocycles. The molecule has 3 aliphatic rings. The van der Waals surface area contributed by atoms with Gasteiger partial charge in [-0.2, -0.15) is 0 Å². The summed E-state index contributed by atoms with van der Waals surface area (Å²) in [5.41, 5.74) is 4.43. The molecule has 2 saturated heterocycles. The second-order valence-electron chi connectivity index (χ2n) is 12.1. The van der Waals surface area contributed by atoms with Crippen LogP contribution in [0.3, 0.4) is 0 Å². The van der Waals surface area contributed by atoms with Crippen molar-refractivity contribution < 1.29 is 23.2 Å². The SMILES string of the molecule is COc1cc(F)ccc1N1CCN(C(=O)c2cc(B3OC(C)(C)C(C)(C)O3)c3[nH]c(C4=CCCNC4)cc3c2)CC1. The highest BCUT2D eigenvalue weighted by molar-refractivity contribution is 6.65. The van der Waals surface area contributed by atoms with Crippen molar-refractivity contribution >= 4 is 40.7 Å². The summed E-state index contributed by atoms with van der Waals surface area (Å²) in [6.07, 6.45) is 3.24. The van der Waals surface area contributed by atoms with Crippen LogP contribution in [-0.4, -0.2) is 80.5 Å². The second-order valence-corrected chi connectivity index (χ2v) is 12.1. The summed E-state index contributed by atoms with van der Waals surface area (Å²) in [4.78, 5) is 21.5. The molecule has 3 aromatic rings. The Balaban J connectivity index is 1.30. The molecule has 0 atom stereocenters. The maximum absolute atomic E-state index is 13.9. The molecule has 0 saturated carbocycles. The minimum absolute atomic E-state index is 0.0308. The number of ether oxygens (including phenoxy) is 1. The van der Waals surface area contributed by atoms with Crippen LogP contribution in [0, 0.1) is 5.82 Å². The Morgan fingerprint density at radius 3 is 2.41 bits per heavy atom. The molecular formula is C31H38BFN4O4. The van der Waals surface area contributed by atoms with Crippen LogP contribution < -0.4 is 20.4 Å². The average molecular weight is 560 g/mol. The van der Waals surface area contributed by atoms with Gasteiger partial charge in [0.1, 0.15) is 11.6 Å². The number of nitrogens with one attached hydrogen (secondary N) is 2. The van der Waals surface area contributed by atoms with Crippen molar-refractivity contribution in [3.8, 4) is 5.75 Å². The highest BCUT2D eigenvalue weighted by Crippen LogP contribution is 2.37. The number of H-pyrrole nitrogens is 1. The lowest BCUT2D eigenvalue weighted by atomic mass is 9.77. The number of rotatable bonds is 5. The molecule has 0 unspecified atom stereocenters. The zero-order valence-electron chi connectivity index (χ0n) is 24.5. The van der Waals surface area contributed by atoms with Crippen LogP contribution in [0.15, 0.2) is 42.5 Å². The van der Waals surface area contributed by atoms with Crippen LogP contribution in [0.2, 0.25) is 0 Å². The van der Waals surface area contributed by atoms with Gasteiger partial charge in [-0.15, -0.1) is 0 Å². The molecular weight excluding hydrogens is 522 g/mol. The van der Waals surface area contributed by atoms with Gasteiger partial charge < -0.3 is 34.1 Å². The predicted molar refractivity (Wildman–Crippen MR) is 161 cm³/mol. The monoisotopic (exact) mass is 560 g/mol. The van der Waals surface area contributed by atoms with Crippen LogP contribution >= 0.6 is 0 Å².